The highest BCUT2D eigenvalue weighted by molar-refractivity contribution is 5.76. The van der Waals surface area contributed by atoms with Crippen LogP contribution in [0.4, 0.5) is 0 Å². The van der Waals surface area contributed by atoms with E-state index >= 15 is 0 Å². The van der Waals surface area contributed by atoms with E-state index in [1.54, 1.807) is 0 Å². The van der Waals surface area contributed by atoms with Gasteiger partial charge in [-0.05, 0) is 52.9 Å². The first-order valence-corrected chi connectivity index (χ1v) is 11.8. The lowest BCUT2D eigenvalue weighted by molar-refractivity contribution is -0.969. The van der Waals surface area contributed by atoms with Crippen molar-refractivity contribution in [2.24, 2.45) is 0 Å². The lowest BCUT2D eigenvalue weighted by Crippen LogP contribution is -2.72. The van der Waals surface area contributed by atoms with Gasteiger partial charge in [0.25, 0.3) is 0 Å². The second kappa shape index (κ2) is 15.8. The molecule has 0 spiro atoms. The molecule has 0 fully saturated rings. The van der Waals surface area contributed by atoms with Crippen LogP contribution in [-0.4, -0.2) is 57.3 Å². The summed E-state index contributed by atoms with van der Waals surface area (Å²) in [5, 5.41) is 30.7. The normalized spacial score (nSPS) is 16.5. The molecule has 0 radical (unpaired) electrons. The van der Waals surface area contributed by atoms with Crippen molar-refractivity contribution in [2.45, 2.75) is 116 Å². The van der Waals surface area contributed by atoms with Crippen molar-refractivity contribution in [3.63, 3.8) is 0 Å². The lowest BCUT2D eigenvalue weighted by atomic mass is 10.00. The molecule has 0 saturated carbocycles. The number of unbranched alkanes of at least 4 members (excludes halogenated alkanes) is 9. The Morgan fingerprint density at radius 1 is 0.742 bits per heavy atom. The maximum absolute atomic E-state index is 11.7. The molecule has 0 aliphatic heterocycles. The summed E-state index contributed by atoms with van der Waals surface area (Å²) in [6.07, 6.45) is 16.2. The maximum Gasteiger partial charge on any atom is 0.362 e. The number of carbonyl (C=O) groups excluding carboxylic acids is 1. The van der Waals surface area contributed by atoms with Crippen LogP contribution in [0.1, 0.15) is 98.3 Å². The molecule has 3 atom stereocenters. The number of hydrogen-bond acceptors (Lipinski definition) is 4. The van der Waals surface area contributed by atoms with Gasteiger partial charge >= 0.3 is 11.9 Å². The third-order valence-electron chi connectivity index (χ3n) is 6.53. The van der Waals surface area contributed by atoms with Gasteiger partial charge in [0.15, 0.2) is 12.1 Å². The molecule has 0 aromatic rings. The Morgan fingerprint density at radius 2 is 1.16 bits per heavy atom. The highest BCUT2D eigenvalue weighted by Gasteiger charge is 2.50. The van der Waals surface area contributed by atoms with Crippen LogP contribution in [0.3, 0.4) is 0 Å². The van der Waals surface area contributed by atoms with Crippen LogP contribution >= 0.6 is 0 Å². The Hall–Kier alpha value is -1.89. The van der Waals surface area contributed by atoms with E-state index in [-0.39, 0.29) is 6.54 Å². The number of carbonyl (C=O) groups is 3. The zero-order valence-electron chi connectivity index (χ0n) is 19.8. The second-order valence-corrected chi connectivity index (χ2v) is 8.62. The van der Waals surface area contributed by atoms with Crippen molar-refractivity contribution in [3.8, 4) is 0 Å². The largest absolute Gasteiger partial charge is 0.544 e. The summed E-state index contributed by atoms with van der Waals surface area (Å²) in [6.45, 7) is 6.50. The van der Waals surface area contributed by atoms with Crippen molar-refractivity contribution in [2.75, 3.05) is 6.54 Å². The van der Waals surface area contributed by atoms with Gasteiger partial charge in [0.05, 0.1) is 12.5 Å². The fourth-order valence-electron chi connectivity index (χ4n) is 4.28. The molecular formula is C24H43NO6. The van der Waals surface area contributed by atoms with Gasteiger partial charge in [-0.15, -0.1) is 0 Å². The predicted molar refractivity (Wildman–Crippen MR) is 119 cm³/mol. The van der Waals surface area contributed by atoms with Crippen LogP contribution in [0.2, 0.25) is 0 Å². The van der Waals surface area contributed by atoms with Crippen LogP contribution in [0.5, 0.6) is 0 Å². The first-order valence-electron chi connectivity index (χ1n) is 11.8. The van der Waals surface area contributed by atoms with E-state index in [4.69, 9.17) is 0 Å². The number of carboxylic acids is 3. The van der Waals surface area contributed by atoms with Crippen molar-refractivity contribution in [1.82, 2.24) is 0 Å². The highest BCUT2D eigenvalue weighted by atomic mass is 16.4. The van der Waals surface area contributed by atoms with Crippen LogP contribution in [0.15, 0.2) is 12.2 Å². The van der Waals surface area contributed by atoms with Gasteiger partial charge in [-0.1, -0.05) is 57.6 Å². The summed E-state index contributed by atoms with van der Waals surface area (Å²) in [5.74, 6) is -3.83. The van der Waals surface area contributed by atoms with Crippen LogP contribution in [-0.2, 0) is 14.4 Å². The van der Waals surface area contributed by atoms with E-state index in [1.165, 1.54) is 46.5 Å². The fourth-order valence-corrected chi connectivity index (χ4v) is 4.28. The predicted octanol–water partition coefficient (Wildman–Crippen LogP) is 3.76. The molecular weight excluding hydrogens is 398 g/mol. The molecule has 0 aromatic heterocycles. The van der Waals surface area contributed by atoms with Crippen molar-refractivity contribution in [3.05, 3.63) is 12.2 Å². The third kappa shape index (κ3) is 9.85. The Labute approximate surface area is 187 Å². The van der Waals surface area contributed by atoms with E-state index in [0.29, 0.717) is 6.42 Å². The first kappa shape index (κ1) is 29.1. The van der Waals surface area contributed by atoms with Crippen molar-refractivity contribution < 1.29 is 34.2 Å². The van der Waals surface area contributed by atoms with Crippen LogP contribution in [0.25, 0.3) is 0 Å². The summed E-state index contributed by atoms with van der Waals surface area (Å²) in [5.41, 5.74) is 0. The Morgan fingerprint density at radius 3 is 1.58 bits per heavy atom. The molecule has 0 rings (SSSR count). The Bertz CT molecular complexity index is 524. The topological polar surface area (TPSA) is 115 Å². The highest BCUT2D eigenvalue weighted by Crippen LogP contribution is 2.27. The average Bonchev–Trinajstić information content (AvgIpc) is 2.72. The lowest BCUT2D eigenvalue weighted by Gasteiger charge is -2.49. The number of quaternary nitrogens is 1. The number of rotatable bonds is 19. The Balaban J connectivity index is 4.62. The van der Waals surface area contributed by atoms with Gasteiger partial charge < -0.3 is 20.1 Å². The minimum Gasteiger partial charge on any atom is -0.544 e. The molecule has 2 N–H and O–H groups in total. The number of aliphatic carboxylic acids is 3. The van der Waals surface area contributed by atoms with E-state index < -0.39 is 40.5 Å². The maximum atomic E-state index is 11.7. The second-order valence-electron chi connectivity index (χ2n) is 8.62. The first-order chi connectivity index (χ1) is 14.6. The molecule has 7 nitrogen and oxygen atoms in total. The van der Waals surface area contributed by atoms with Crippen LogP contribution in [0, 0.1) is 0 Å². The minimum absolute atomic E-state index is 0.179. The molecule has 0 saturated heterocycles. The molecule has 0 aliphatic rings. The van der Waals surface area contributed by atoms with Gasteiger partial charge in [-0.3, -0.25) is 4.48 Å². The van der Waals surface area contributed by atoms with Crippen molar-refractivity contribution in [1.29, 1.82) is 0 Å². The molecule has 3 unspecified atom stereocenters. The van der Waals surface area contributed by atoms with Gasteiger partial charge in [-0.2, -0.15) is 0 Å². The number of allylic oxidation sites excluding steroid dienone is 2. The van der Waals surface area contributed by atoms with E-state index in [2.05, 4.69) is 19.1 Å². The minimum atomic E-state index is -1.43. The standard InChI is InChI=1S/C24H43NO6/c1-5-6-7-8-9-10-11-12-13-14-15-16-17-18-25(19(2)22(26)27,20(3)23(28)29)21(4)24(30)31/h8-9,19-21H,5-7,10-18H2,1-4H3,(H2-,26,27,28,29,30,31)/b9-8+. The number of nitrogens with zero attached hydrogens (tertiary/aromatic N) is 1. The SMILES string of the molecule is CCCC/C=C/CCCCCCCCC[N+](C(C)C(=O)[O-])(C(C)C(=O)O)C(C)C(=O)O. The molecule has 0 aliphatic carbocycles. The summed E-state index contributed by atoms with van der Waals surface area (Å²) in [4.78, 5) is 35.0. The van der Waals surface area contributed by atoms with Gasteiger partial charge in [0, 0.05) is 0 Å². The summed E-state index contributed by atoms with van der Waals surface area (Å²) >= 11 is 0. The number of hydrogen-bond donors (Lipinski definition) is 2. The van der Waals surface area contributed by atoms with Gasteiger partial charge in [-0.25, -0.2) is 9.59 Å². The molecule has 7 heteroatoms. The van der Waals surface area contributed by atoms with Crippen molar-refractivity contribution >= 4 is 17.9 Å². The Kier molecular flexibility index (Phi) is 14.9. The summed E-state index contributed by atoms with van der Waals surface area (Å²) in [6, 6.07) is -3.56. The van der Waals surface area contributed by atoms with Gasteiger partial charge in [0.1, 0.15) is 6.04 Å². The zero-order chi connectivity index (χ0) is 23.9. The smallest absolute Gasteiger partial charge is 0.362 e. The molecule has 180 valence electrons. The molecule has 0 heterocycles. The molecule has 0 aromatic carbocycles. The monoisotopic (exact) mass is 441 g/mol. The third-order valence-corrected chi connectivity index (χ3v) is 6.53. The van der Waals surface area contributed by atoms with Gasteiger partial charge in [0.2, 0.25) is 0 Å². The van der Waals surface area contributed by atoms with E-state index in [1.807, 2.05) is 0 Å². The van der Waals surface area contributed by atoms with E-state index in [9.17, 15) is 29.7 Å². The van der Waals surface area contributed by atoms with E-state index in [0.717, 1.165) is 38.5 Å². The molecule has 0 bridgehead atoms. The average molecular weight is 442 g/mol. The fraction of sp³-hybridized carbons (Fsp3) is 0.792. The zero-order valence-corrected chi connectivity index (χ0v) is 19.8. The molecule has 0 amide bonds. The molecule has 31 heavy (non-hydrogen) atoms. The summed E-state index contributed by atoms with van der Waals surface area (Å²) in [7, 11) is 0. The van der Waals surface area contributed by atoms with Crippen LogP contribution < -0.4 is 5.11 Å². The quantitative estimate of drug-likeness (QED) is 0.179. The summed E-state index contributed by atoms with van der Waals surface area (Å²) < 4.78 is -0.544. The number of carboxylic acid groups (broad SMARTS) is 3.